The van der Waals surface area contributed by atoms with Crippen LogP contribution in [-0.4, -0.2) is 16.9 Å². The summed E-state index contributed by atoms with van der Waals surface area (Å²) >= 11 is 0. The summed E-state index contributed by atoms with van der Waals surface area (Å²) in [6, 6.07) is 7.62. The van der Waals surface area contributed by atoms with Gasteiger partial charge in [0.05, 0.1) is 17.7 Å². The van der Waals surface area contributed by atoms with Crippen molar-refractivity contribution < 1.29 is 4.74 Å². The molecule has 5 heteroatoms. The minimum atomic E-state index is 0.769. The average Bonchev–Trinajstić information content (AvgIpc) is 2.81. The van der Waals surface area contributed by atoms with Crippen molar-refractivity contribution in [3.05, 3.63) is 36.7 Å². The Bertz CT molecular complexity index is 445. The van der Waals surface area contributed by atoms with Crippen LogP contribution in [0.15, 0.2) is 41.6 Å². The molecule has 1 heterocycles. The number of methoxy groups -OCH3 is 1. The first-order valence-corrected chi connectivity index (χ1v) is 5.96. The summed E-state index contributed by atoms with van der Waals surface area (Å²) < 4.78 is 6.95. The Morgan fingerprint density at radius 1 is 1.47 bits per heavy atom. The van der Waals surface area contributed by atoms with Crippen molar-refractivity contribution in [2.24, 2.45) is 0 Å². The van der Waals surface area contributed by atoms with Gasteiger partial charge >= 0.3 is 0 Å². The first kappa shape index (κ1) is 10.4. The van der Waals surface area contributed by atoms with E-state index in [-0.39, 0.29) is 0 Å². The Balaban J connectivity index is 2.43. The summed E-state index contributed by atoms with van der Waals surface area (Å²) in [6.45, 7) is 0. The summed E-state index contributed by atoms with van der Waals surface area (Å²) in [4.78, 5) is 0.882. The second kappa shape index (κ2) is 4.59. The van der Waals surface area contributed by atoms with Crippen molar-refractivity contribution in [2.45, 2.75) is 4.90 Å². The third-order valence-corrected chi connectivity index (χ3v) is 2.98. The van der Waals surface area contributed by atoms with Crippen molar-refractivity contribution >= 4 is 21.7 Å². The molecule has 78 valence electrons. The predicted octanol–water partition coefficient (Wildman–Crippen LogP) is 3.13. The van der Waals surface area contributed by atoms with Gasteiger partial charge in [0.2, 0.25) is 0 Å². The Labute approximate surface area is 96.5 Å². The van der Waals surface area contributed by atoms with E-state index in [2.05, 4.69) is 5.10 Å². The summed E-state index contributed by atoms with van der Waals surface area (Å²) in [5, 5.41) is 4.14. The van der Waals surface area contributed by atoms with Crippen LogP contribution in [0.1, 0.15) is 0 Å². The lowest BCUT2D eigenvalue weighted by molar-refractivity contribution is 0.405. The van der Waals surface area contributed by atoms with Gasteiger partial charge in [0.15, 0.2) is 0 Å². The van der Waals surface area contributed by atoms with Gasteiger partial charge in [0.1, 0.15) is 5.75 Å². The molecule has 0 aliphatic rings. The van der Waals surface area contributed by atoms with E-state index in [1.165, 1.54) is 0 Å². The molecular weight excluding hydrogens is 232 g/mol. The Morgan fingerprint density at radius 2 is 2.33 bits per heavy atom. The lowest BCUT2D eigenvalue weighted by Crippen LogP contribution is -1.95. The molecule has 1 aromatic carbocycles. The topological polar surface area (TPSA) is 27.1 Å². The first-order chi connectivity index (χ1) is 7.35. The minimum Gasteiger partial charge on any atom is -0.496 e. The van der Waals surface area contributed by atoms with E-state index in [1.807, 2.05) is 30.5 Å². The van der Waals surface area contributed by atoms with E-state index < -0.39 is 0 Å². The van der Waals surface area contributed by atoms with Crippen LogP contribution in [-0.2, 0) is 0 Å². The molecular formula is C10H9ClN2OS. The van der Waals surface area contributed by atoms with Gasteiger partial charge in [-0.3, -0.25) is 0 Å². The number of hydrogen-bond donors (Lipinski definition) is 0. The molecule has 0 N–H and O–H groups in total. The van der Waals surface area contributed by atoms with Gasteiger partial charge in [-0.05, 0) is 45.9 Å². The highest BCUT2D eigenvalue weighted by Gasteiger charge is 2.05. The highest BCUT2D eigenvalue weighted by molar-refractivity contribution is 8.21. The fourth-order valence-corrected chi connectivity index (χ4v) is 2.04. The Kier molecular flexibility index (Phi) is 3.18. The molecule has 0 amide bonds. The maximum Gasteiger partial charge on any atom is 0.133 e. The molecule has 0 bridgehead atoms. The van der Waals surface area contributed by atoms with Crippen LogP contribution in [0.3, 0.4) is 0 Å². The van der Waals surface area contributed by atoms with Gasteiger partial charge in [0, 0.05) is 12.4 Å². The van der Waals surface area contributed by atoms with E-state index in [9.17, 15) is 0 Å². The molecule has 0 saturated heterocycles. The van der Waals surface area contributed by atoms with Gasteiger partial charge in [0.25, 0.3) is 0 Å². The quantitative estimate of drug-likeness (QED) is 0.825. The fraction of sp³-hybridized carbons (Fsp3) is 0.100. The van der Waals surface area contributed by atoms with Gasteiger partial charge in [-0.25, -0.2) is 4.68 Å². The third kappa shape index (κ3) is 2.11. The van der Waals surface area contributed by atoms with Crippen LogP contribution in [0.5, 0.6) is 5.75 Å². The highest BCUT2D eigenvalue weighted by atomic mass is 35.7. The first-order valence-electron chi connectivity index (χ1n) is 4.32. The van der Waals surface area contributed by atoms with Gasteiger partial charge < -0.3 is 4.74 Å². The van der Waals surface area contributed by atoms with E-state index in [4.69, 9.17) is 15.4 Å². The number of aromatic nitrogens is 2. The molecule has 2 rings (SSSR count). The molecule has 2 aromatic rings. The number of benzene rings is 1. The van der Waals surface area contributed by atoms with Gasteiger partial charge in [-0.15, -0.1) is 0 Å². The number of rotatable bonds is 3. The van der Waals surface area contributed by atoms with Gasteiger partial charge in [-0.2, -0.15) is 5.10 Å². The van der Waals surface area contributed by atoms with Crippen LogP contribution in [0.25, 0.3) is 5.69 Å². The van der Waals surface area contributed by atoms with Crippen LogP contribution < -0.4 is 4.74 Å². The Morgan fingerprint density at radius 3 is 2.93 bits per heavy atom. The molecule has 0 unspecified atom stereocenters. The van der Waals surface area contributed by atoms with Crippen LogP contribution in [0.2, 0.25) is 0 Å². The zero-order valence-corrected chi connectivity index (χ0v) is 9.63. The summed E-state index contributed by atoms with van der Waals surface area (Å²) in [7, 11) is 8.51. The molecule has 0 aliphatic carbocycles. The number of hydrogen-bond acceptors (Lipinski definition) is 3. The monoisotopic (exact) mass is 240 g/mol. The normalized spacial score (nSPS) is 10.3. The lowest BCUT2D eigenvalue weighted by atomic mass is 10.3. The third-order valence-electron chi connectivity index (χ3n) is 2.00. The van der Waals surface area contributed by atoms with Crippen molar-refractivity contribution in [2.75, 3.05) is 7.11 Å². The zero-order chi connectivity index (χ0) is 10.7. The molecule has 0 spiro atoms. The molecule has 0 aliphatic heterocycles. The SMILES string of the molecule is COc1ccc(-n2cccn2)cc1SCl. The molecule has 0 atom stereocenters. The smallest absolute Gasteiger partial charge is 0.133 e. The van der Waals surface area contributed by atoms with Crippen LogP contribution >= 0.6 is 21.7 Å². The van der Waals surface area contributed by atoms with E-state index >= 15 is 0 Å². The van der Waals surface area contributed by atoms with E-state index in [1.54, 1.807) is 18.0 Å². The van der Waals surface area contributed by atoms with Crippen LogP contribution in [0, 0.1) is 0 Å². The van der Waals surface area contributed by atoms with Gasteiger partial charge in [-0.1, -0.05) is 0 Å². The maximum absolute atomic E-state index is 5.75. The molecule has 0 radical (unpaired) electrons. The van der Waals surface area contributed by atoms with Crippen LogP contribution in [0.4, 0.5) is 0 Å². The fourth-order valence-electron chi connectivity index (χ4n) is 1.29. The van der Waals surface area contributed by atoms with E-state index in [0.717, 1.165) is 27.3 Å². The second-order valence-electron chi connectivity index (χ2n) is 2.86. The van der Waals surface area contributed by atoms with E-state index in [0.29, 0.717) is 0 Å². The molecule has 15 heavy (non-hydrogen) atoms. The zero-order valence-electron chi connectivity index (χ0n) is 8.05. The Hall–Kier alpha value is -1.13. The largest absolute Gasteiger partial charge is 0.496 e. The second-order valence-corrected chi connectivity index (χ2v) is 3.92. The number of nitrogens with zero attached hydrogens (tertiary/aromatic N) is 2. The molecule has 0 saturated carbocycles. The lowest BCUT2D eigenvalue weighted by Gasteiger charge is -2.07. The minimum absolute atomic E-state index is 0.769. The summed E-state index contributed by atoms with van der Waals surface area (Å²) in [6.07, 6.45) is 3.61. The van der Waals surface area contributed by atoms with Crippen molar-refractivity contribution in [3.8, 4) is 11.4 Å². The standard InChI is InChI=1S/C10H9ClN2OS/c1-14-9-4-3-8(7-10(9)15-11)13-6-2-5-12-13/h2-7H,1H3. The summed E-state index contributed by atoms with van der Waals surface area (Å²) in [5.41, 5.74) is 0.962. The maximum atomic E-state index is 5.75. The predicted molar refractivity (Wildman–Crippen MR) is 61.8 cm³/mol. The highest BCUT2D eigenvalue weighted by Crippen LogP contribution is 2.33. The summed E-state index contributed by atoms with van der Waals surface area (Å²) in [5.74, 6) is 0.769. The van der Waals surface area contributed by atoms with Crippen molar-refractivity contribution in [1.29, 1.82) is 0 Å². The average molecular weight is 241 g/mol. The van der Waals surface area contributed by atoms with Crippen molar-refractivity contribution in [3.63, 3.8) is 0 Å². The molecule has 1 aromatic heterocycles. The van der Waals surface area contributed by atoms with Crippen molar-refractivity contribution in [1.82, 2.24) is 9.78 Å². The molecule has 0 fully saturated rings. The number of halogens is 1. The number of ether oxygens (including phenoxy) is 1. The molecule has 3 nitrogen and oxygen atoms in total.